The van der Waals surface area contributed by atoms with E-state index in [1.54, 1.807) is 6.20 Å². The molecule has 0 amide bonds. The number of ether oxygens (including phenoxy) is 1. The molecule has 0 atom stereocenters. The average Bonchev–Trinajstić information content (AvgIpc) is 2.38. The Hall–Kier alpha value is -1.89. The fourth-order valence-electron chi connectivity index (χ4n) is 1.16. The Morgan fingerprint density at radius 2 is 2.29 bits per heavy atom. The van der Waals surface area contributed by atoms with E-state index in [0.29, 0.717) is 24.7 Å². The normalized spacial score (nSPS) is 11.5. The molecule has 0 saturated heterocycles. The highest BCUT2D eigenvalue weighted by molar-refractivity contribution is 5.94. The van der Waals surface area contributed by atoms with Crippen molar-refractivity contribution in [2.45, 2.75) is 6.92 Å². The van der Waals surface area contributed by atoms with Crippen molar-refractivity contribution in [2.75, 3.05) is 31.7 Å². The van der Waals surface area contributed by atoms with Gasteiger partial charge in [0.2, 0.25) is 0 Å². The summed E-state index contributed by atoms with van der Waals surface area (Å²) in [7, 11) is 1.90. The molecule has 1 aromatic rings. The van der Waals surface area contributed by atoms with Crippen LogP contribution in [0.4, 0.5) is 5.82 Å². The lowest BCUT2D eigenvalue weighted by atomic mass is 10.4. The Morgan fingerprint density at radius 1 is 1.53 bits per heavy atom. The first kappa shape index (κ1) is 13.2. The van der Waals surface area contributed by atoms with Crippen molar-refractivity contribution in [1.29, 1.82) is 0 Å². The second-order valence-electron chi connectivity index (χ2n) is 3.36. The van der Waals surface area contributed by atoms with E-state index in [1.165, 1.54) is 6.20 Å². The highest BCUT2D eigenvalue weighted by Gasteiger charge is 2.05. The number of amidine groups is 1. The summed E-state index contributed by atoms with van der Waals surface area (Å²) >= 11 is 0. The molecular formula is C10H17N5O2. The molecule has 0 aliphatic heterocycles. The first-order chi connectivity index (χ1) is 8.19. The zero-order chi connectivity index (χ0) is 12.7. The first-order valence-corrected chi connectivity index (χ1v) is 5.27. The molecule has 1 rings (SSSR count). The van der Waals surface area contributed by atoms with E-state index in [0.717, 1.165) is 6.54 Å². The fraction of sp³-hybridized carbons (Fsp3) is 0.500. The molecule has 17 heavy (non-hydrogen) atoms. The predicted molar refractivity (Wildman–Crippen MR) is 64.3 cm³/mol. The molecule has 0 spiro atoms. The van der Waals surface area contributed by atoms with Gasteiger partial charge >= 0.3 is 0 Å². The van der Waals surface area contributed by atoms with E-state index >= 15 is 0 Å². The molecule has 0 saturated carbocycles. The maximum atomic E-state index is 8.48. The molecule has 0 aliphatic carbocycles. The number of hydrogen-bond donors (Lipinski definition) is 2. The number of likely N-dealkylation sites (N-methyl/N-ethyl adjacent to an activating group) is 1. The van der Waals surface area contributed by atoms with Crippen LogP contribution in [0.2, 0.25) is 0 Å². The van der Waals surface area contributed by atoms with Gasteiger partial charge in [0, 0.05) is 20.2 Å². The summed E-state index contributed by atoms with van der Waals surface area (Å²) in [5.41, 5.74) is 5.72. The maximum absolute atomic E-state index is 8.48. The van der Waals surface area contributed by atoms with Gasteiger partial charge in [-0.05, 0) is 6.92 Å². The molecule has 1 heterocycles. The quantitative estimate of drug-likeness (QED) is 0.239. The van der Waals surface area contributed by atoms with Gasteiger partial charge < -0.3 is 20.6 Å². The third-order valence-electron chi connectivity index (χ3n) is 2.17. The van der Waals surface area contributed by atoms with Crippen LogP contribution in [0, 0.1) is 0 Å². The largest absolute Gasteiger partial charge is 0.409 e. The van der Waals surface area contributed by atoms with Crippen LogP contribution in [-0.4, -0.2) is 47.8 Å². The van der Waals surface area contributed by atoms with Crippen LogP contribution in [0.5, 0.6) is 0 Å². The van der Waals surface area contributed by atoms with Gasteiger partial charge in [-0.25, -0.2) is 9.97 Å². The minimum atomic E-state index is -0.0546. The second kappa shape index (κ2) is 6.64. The van der Waals surface area contributed by atoms with Gasteiger partial charge in [0.25, 0.3) is 0 Å². The van der Waals surface area contributed by atoms with Gasteiger partial charge in [0.15, 0.2) is 5.84 Å². The van der Waals surface area contributed by atoms with Gasteiger partial charge in [0.1, 0.15) is 11.5 Å². The van der Waals surface area contributed by atoms with Crippen molar-refractivity contribution < 1.29 is 9.94 Å². The lowest BCUT2D eigenvalue weighted by Gasteiger charge is -2.17. The van der Waals surface area contributed by atoms with Crippen LogP contribution in [0.3, 0.4) is 0 Å². The zero-order valence-electron chi connectivity index (χ0n) is 10.00. The molecule has 3 N–H and O–H groups in total. The molecule has 0 aliphatic rings. The first-order valence-electron chi connectivity index (χ1n) is 5.27. The molecule has 94 valence electrons. The van der Waals surface area contributed by atoms with Crippen molar-refractivity contribution in [1.82, 2.24) is 9.97 Å². The van der Waals surface area contributed by atoms with Crippen LogP contribution in [-0.2, 0) is 4.74 Å². The summed E-state index contributed by atoms with van der Waals surface area (Å²) in [5.74, 6) is 0.653. The topological polar surface area (TPSA) is 96.9 Å². The summed E-state index contributed by atoms with van der Waals surface area (Å²) in [6, 6.07) is 0. The van der Waals surface area contributed by atoms with Crippen molar-refractivity contribution in [2.24, 2.45) is 10.9 Å². The van der Waals surface area contributed by atoms with E-state index in [2.05, 4.69) is 15.1 Å². The van der Waals surface area contributed by atoms with Crippen molar-refractivity contribution in [3.8, 4) is 0 Å². The molecule has 7 heteroatoms. The summed E-state index contributed by atoms with van der Waals surface area (Å²) in [5, 5.41) is 11.3. The van der Waals surface area contributed by atoms with Crippen LogP contribution in [0.25, 0.3) is 0 Å². The molecule has 0 bridgehead atoms. The fourth-order valence-corrected chi connectivity index (χ4v) is 1.16. The zero-order valence-corrected chi connectivity index (χ0v) is 10.00. The highest BCUT2D eigenvalue weighted by Crippen LogP contribution is 2.06. The minimum absolute atomic E-state index is 0.0546. The van der Waals surface area contributed by atoms with E-state index < -0.39 is 0 Å². The second-order valence-corrected chi connectivity index (χ2v) is 3.36. The predicted octanol–water partition coefficient (Wildman–Crippen LogP) is 0.0438. The van der Waals surface area contributed by atoms with Crippen LogP contribution >= 0.6 is 0 Å². The molecule has 7 nitrogen and oxygen atoms in total. The number of nitrogens with zero attached hydrogens (tertiary/aromatic N) is 4. The highest BCUT2D eigenvalue weighted by atomic mass is 16.5. The molecule has 0 aromatic carbocycles. The standard InChI is InChI=1S/C10H17N5O2/c1-3-17-5-4-15(2)9-7-12-8(6-13-9)10(11)14-16/h6-7,16H,3-5H2,1-2H3,(H2,11,14). The Labute approximate surface area is 99.9 Å². The van der Waals surface area contributed by atoms with Crippen molar-refractivity contribution in [3.05, 3.63) is 18.1 Å². The summed E-state index contributed by atoms with van der Waals surface area (Å²) in [6.07, 6.45) is 3.03. The lowest BCUT2D eigenvalue weighted by molar-refractivity contribution is 0.154. The van der Waals surface area contributed by atoms with Crippen LogP contribution in [0.15, 0.2) is 17.5 Å². The lowest BCUT2D eigenvalue weighted by Crippen LogP contribution is -2.24. The summed E-state index contributed by atoms with van der Waals surface area (Å²) < 4.78 is 5.24. The van der Waals surface area contributed by atoms with Gasteiger partial charge in [-0.3, -0.25) is 0 Å². The summed E-state index contributed by atoms with van der Waals surface area (Å²) in [6.45, 7) is 4.01. The van der Waals surface area contributed by atoms with Gasteiger partial charge in [-0.1, -0.05) is 5.16 Å². The molecule has 0 radical (unpaired) electrons. The van der Waals surface area contributed by atoms with Crippen LogP contribution < -0.4 is 10.6 Å². The van der Waals surface area contributed by atoms with E-state index in [-0.39, 0.29) is 5.84 Å². The van der Waals surface area contributed by atoms with E-state index in [4.69, 9.17) is 15.7 Å². The Bertz CT molecular complexity index is 365. The number of oxime groups is 1. The molecule has 0 unspecified atom stereocenters. The van der Waals surface area contributed by atoms with Gasteiger partial charge in [0.05, 0.1) is 19.0 Å². The SMILES string of the molecule is CCOCCN(C)c1cnc(C(N)=NO)cn1. The van der Waals surface area contributed by atoms with Gasteiger partial charge in [-0.2, -0.15) is 0 Å². The van der Waals surface area contributed by atoms with Crippen LogP contribution in [0.1, 0.15) is 12.6 Å². The monoisotopic (exact) mass is 239 g/mol. The molecular weight excluding hydrogens is 222 g/mol. The van der Waals surface area contributed by atoms with E-state index in [1.807, 2.05) is 18.9 Å². The van der Waals surface area contributed by atoms with Crippen molar-refractivity contribution >= 4 is 11.7 Å². The average molecular weight is 239 g/mol. The van der Waals surface area contributed by atoms with E-state index in [9.17, 15) is 0 Å². The molecule has 0 fully saturated rings. The Morgan fingerprint density at radius 3 is 2.82 bits per heavy atom. The molecule has 1 aromatic heterocycles. The minimum Gasteiger partial charge on any atom is -0.409 e. The van der Waals surface area contributed by atoms with Gasteiger partial charge in [-0.15, -0.1) is 0 Å². The number of nitrogens with two attached hydrogens (primary N) is 1. The number of aromatic nitrogens is 2. The smallest absolute Gasteiger partial charge is 0.190 e. The maximum Gasteiger partial charge on any atom is 0.190 e. The van der Waals surface area contributed by atoms with Crippen molar-refractivity contribution in [3.63, 3.8) is 0 Å². The number of rotatable bonds is 6. The Balaban J connectivity index is 2.61. The third kappa shape index (κ3) is 3.87. The third-order valence-corrected chi connectivity index (χ3v) is 2.17. The summed E-state index contributed by atoms with van der Waals surface area (Å²) in [4.78, 5) is 10.1. The number of anilines is 1. The number of hydrogen-bond acceptors (Lipinski definition) is 6. The Kier molecular flexibility index (Phi) is 5.15.